The van der Waals surface area contributed by atoms with E-state index in [-0.39, 0.29) is 11.8 Å². The van der Waals surface area contributed by atoms with Gasteiger partial charge in [-0.3, -0.25) is 9.59 Å². The molecule has 0 unspecified atom stereocenters. The molecular weight excluding hydrogens is 386 g/mol. The third-order valence-electron chi connectivity index (χ3n) is 4.76. The number of piperidine rings is 1. The molecule has 9 heteroatoms. The molecule has 144 valence electrons. The summed E-state index contributed by atoms with van der Waals surface area (Å²) in [5.41, 5.74) is 6.27. The molecule has 1 saturated heterocycles. The number of anilines is 1. The van der Waals surface area contributed by atoms with Crippen LogP contribution in [0.3, 0.4) is 0 Å². The Kier molecular flexibility index (Phi) is 5.64. The summed E-state index contributed by atoms with van der Waals surface area (Å²) in [5.74, 6) is -0.814. The first-order valence-corrected chi connectivity index (χ1v) is 10.8. The Bertz CT molecular complexity index is 916. The van der Waals surface area contributed by atoms with Crippen LogP contribution in [0.25, 0.3) is 0 Å². The zero-order valence-corrected chi connectivity index (χ0v) is 16.5. The van der Waals surface area contributed by atoms with Gasteiger partial charge in [0.1, 0.15) is 4.21 Å². The van der Waals surface area contributed by atoms with E-state index in [1.54, 1.807) is 53.7 Å². The Hall–Kier alpha value is -2.23. The quantitative estimate of drug-likeness (QED) is 0.818. The molecule has 27 heavy (non-hydrogen) atoms. The van der Waals surface area contributed by atoms with E-state index in [1.807, 2.05) is 0 Å². The second kappa shape index (κ2) is 7.79. The third kappa shape index (κ3) is 4.05. The van der Waals surface area contributed by atoms with E-state index in [0.29, 0.717) is 41.4 Å². The predicted molar refractivity (Wildman–Crippen MR) is 104 cm³/mol. The predicted octanol–water partition coefficient (Wildman–Crippen LogP) is 1.91. The maximum atomic E-state index is 12.8. The summed E-state index contributed by atoms with van der Waals surface area (Å²) >= 11 is 1.20. The van der Waals surface area contributed by atoms with Crippen LogP contribution in [-0.2, 0) is 14.8 Å². The minimum absolute atomic E-state index is 0.0602. The number of rotatable bonds is 5. The number of carbonyl (C=O) groups excluding carboxylic acids is 2. The monoisotopic (exact) mass is 407 g/mol. The summed E-state index contributed by atoms with van der Waals surface area (Å²) in [6.07, 6.45) is 0.959. The number of primary amides is 1. The summed E-state index contributed by atoms with van der Waals surface area (Å²) in [7, 11) is -1.79. The lowest BCUT2D eigenvalue weighted by Gasteiger charge is -2.32. The second-order valence-electron chi connectivity index (χ2n) is 6.42. The summed E-state index contributed by atoms with van der Waals surface area (Å²) in [4.78, 5) is 25.5. The van der Waals surface area contributed by atoms with Crippen LogP contribution >= 0.6 is 11.3 Å². The lowest BCUT2D eigenvalue weighted by atomic mass is 9.96. The van der Waals surface area contributed by atoms with Gasteiger partial charge in [0.15, 0.2) is 0 Å². The van der Waals surface area contributed by atoms with Crippen molar-refractivity contribution in [3.05, 3.63) is 47.3 Å². The van der Waals surface area contributed by atoms with E-state index in [0.717, 1.165) is 0 Å². The Morgan fingerprint density at radius 2 is 1.78 bits per heavy atom. The summed E-state index contributed by atoms with van der Waals surface area (Å²) in [5, 5.41) is 1.74. The van der Waals surface area contributed by atoms with Crippen LogP contribution in [0.1, 0.15) is 23.2 Å². The average Bonchev–Trinajstić information content (AvgIpc) is 3.23. The van der Waals surface area contributed by atoms with Gasteiger partial charge in [-0.25, -0.2) is 8.42 Å². The molecular formula is C18H21N3O4S2. The van der Waals surface area contributed by atoms with Crippen molar-refractivity contribution < 1.29 is 18.0 Å². The molecule has 0 saturated carbocycles. The van der Waals surface area contributed by atoms with Crippen molar-refractivity contribution in [2.75, 3.05) is 25.0 Å². The van der Waals surface area contributed by atoms with Crippen molar-refractivity contribution in [2.24, 2.45) is 11.7 Å². The first-order valence-electron chi connectivity index (χ1n) is 8.52. The van der Waals surface area contributed by atoms with Gasteiger partial charge in [0.25, 0.3) is 10.0 Å². The van der Waals surface area contributed by atoms with E-state index >= 15 is 0 Å². The highest BCUT2D eigenvalue weighted by Gasteiger charge is 2.33. The molecule has 1 aromatic heterocycles. The Morgan fingerprint density at radius 1 is 1.15 bits per heavy atom. The average molecular weight is 408 g/mol. The Labute approximate surface area is 162 Å². The number of sulfonamides is 1. The van der Waals surface area contributed by atoms with Gasteiger partial charge in [-0.05, 0) is 48.6 Å². The largest absolute Gasteiger partial charge is 0.366 e. The van der Waals surface area contributed by atoms with Gasteiger partial charge in [-0.15, -0.1) is 11.3 Å². The van der Waals surface area contributed by atoms with Crippen molar-refractivity contribution in [1.82, 2.24) is 4.31 Å². The van der Waals surface area contributed by atoms with Crippen LogP contribution in [0.4, 0.5) is 5.69 Å². The molecule has 2 heterocycles. The lowest BCUT2D eigenvalue weighted by Crippen LogP contribution is -2.43. The van der Waals surface area contributed by atoms with Crippen LogP contribution < -0.4 is 10.6 Å². The zero-order valence-electron chi connectivity index (χ0n) is 14.9. The van der Waals surface area contributed by atoms with E-state index in [9.17, 15) is 18.0 Å². The van der Waals surface area contributed by atoms with Crippen LogP contribution in [-0.4, -0.2) is 44.7 Å². The molecule has 0 atom stereocenters. The van der Waals surface area contributed by atoms with E-state index in [1.165, 1.54) is 15.6 Å². The summed E-state index contributed by atoms with van der Waals surface area (Å²) in [6.45, 7) is 0.649. The van der Waals surface area contributed by atoms with Gasteiger partial charge in [-0.1, -0.05) is 6.07 Å². The minimum Gasteiger partial charge on any atom is -0.366 e. The van der Waals surface area contributed by atoms with Crippen LogP contribution in [0.15, 0.2) is 46.0 Å². The molecule has 1 aliphatic heterocycles. The number of nitrogens with zero attached hydrogens (tertiary/aromatic N) is 2. The number of benzene rings is 1. The highest BCUT2D eigenvalue weighted by atomic mass is 32.2. The highest BCUT2D eigenvalue weighted by molar-refractivity contribution is 7.91. The maximum Gasteiger partial charge on any atom is 0.252 e. The lowest BCUT2D eigenvalue weighted by molar-refractivity contribution is -0.123. The van der Waals surface area contributed by atoms with E-state index in [2.05, 4.69) is 0 Å². The molecule has 1 aliphatic rings. The van der Waals surface area contributed by atoms with Crippen LogP contribution in [0, 0.1) is 5.92 Å². The fourth-order valence-corrected chi connectivity index (χ4v) is 5.75. The standard InChI is InChI=1S/C18H21N3O4S2/c1-20(15-6-4-13(5-7-15)17(19)22)18(23)14-8-10-21(11-9-14)27(24,25)16-3-2-12-26-16/h2-7,12,14H,8-11H2,1H3,(H2,19,22). The van der Waals surface area contributed by atoms with Crippen molar-refractivity contribution in [2.45, 2.75) is 17.1 Å². The van der Waals surface area contributed by atoms with Gasteiger partial charge in [0.2, 0.25) is 11.8 Å². The Morgan fingerprint density at radius 3 is 2.30 bits per heavy atom. The SMILES string of the molecule is CN(C(=O)C1CCN(S(=O)(=O)c2cccs2)CC1)c1ccc(C(N)=O)cc1. The van der Waals surface area contributed by atoms with Crippen molar-refractivity contribution in [3.63, 3.8) is 0 Å². The number of hydrogen-bond donors (Lipinski definition) is 1. The van der Waals surface area contributed by atoms with Gasteiger partial charge < -0.3 is 10.6 Å². The molecule has 0 radical (unpaired) electrons. The number of carbonyl (C=O) groups is 2. The topological polar surface area (TPSA) is 101 Å². The summed E-state index contributed by atoms with van der Waals surface area (Å²) in [6, 6.07) is 9.82. The van der Waals surface area contributed by atoms with Crippen molar-refractivity contribution >= 4 is 38.9 Å². The van der Waals surface area contributed by atoms with Gasteiger partial charge in [0.05, 0.1) is 0 Å². The first-order chi connectivity index (χ1) is 12.8. The maximum absolute atomic E-state index is 12.8. The zero-order chi connectivity index (χ0) is 19.6. The van der Waals surface area contributed by atoms with Crippen molar-refractivity contribution in [1.29, 1.82) is 0 Å². The molecule has 7 nitrogen and oxygen atoms in total. The van der Waals surface area contributed by atoms with Gasteiger partial charge in [-0.2, -0.15) is 4.31 Å². The van der Waals surface area contributed by atoms with E-state index in [4.69, 9.17) is 5.73 Å². The fraction of sp³-hybridized carbons (Fsp3) is 0.333. The molecule has 2 amide bonds. The molecule has 0 aliphatic carbocycles. The first kappa shape index (κ1) is 19.5. The van der Waals surface area contributed by atoms with Gasteiger partial charge >= 0.3 is 0 Å². The molecule has 2 N–H and O–H groups in total. The van der Waals surface area contributed by atoms with Crippen molar-refractivity contribution in [3.8, 4) is 0 Å². The number of thiophene rings is 1. The molecule has 0 spiro atoms. The molecule has 3 rings (SSSR count). The summed E-state index contributed by atoms with van der Waals surface area (Å²) < 4.78 is 26.9. The third-order valence-corrected chi connectivity index (χ3v) is 8.03. The number of hydrogen-bond acceptors (Lipinski definition) is 5. The van der Waals surface area contributed by atoms with Crippen LogP contribution in [0.5, 0.6) is 0 Å². The number of nitrogens with two attached hydrogens (primary N) is 1. The molecule has 2 aromatic rings. The Balaban J connectivity index is 1.63. The normalized spacial score (nSPS) is 16.2. The van der Waals surface area contributed by atoms with E-state index < -0.39 is 15.9 Å². The minimum atomic E-state index is -3.47. The second-order valence-corrected chi connectivity index (χ2v) is 9.53. The molecule has 1 aromatic carbocycles. The highest BCUT2D eigenvalue weighted by Crippen LogP contribution is 2.28. The molecule has 0 bridgehead atoms. The van der Waals surface area contributed by atoms with Crippen LogP contribution in [0.2, 0.25) is 0 Å². The smallest absolute Gasteiger partial charge is 0.252 e. The number of amides is 2. The molecule has 1 fully saturated rings. The fourth-order valence-electron chi connectivity index (χ4n) is 3.13. The van der Waals surface area contributed by atoms with Gasteiger partial charge in [0, 0.05) is 37.3 Å².